The van der Waals surface area contributed by atoms with Gasteiger partial charge in [-0.25, -0.2) is 4.98 Å². The minimum atomic E-state index is 0.469. The van der Waals surface area contributed by atoms with Crippen LogP contribution in [0.1, 0.15) is 43.9 Å². The normalized spacial score (nSPS) is 17.7. The first-order valence-corrected chi connectivity index (χ1v) is 6.47. The summed E-state index contributed by atoms with van der Waals surface area (Å²) < 4.78 is 5.79. The van der Waals surface area contributed by atoms with Gasteiger partial charge in [-0.1, -0.05) is 30.9 Å². The Hall–Kier alpha value is -1.22. The molecule has 1 aromatic carbocycles. The molecular formula is C13H15ClN2O. The number of nitrogens with two attached hydrogens (primary N) is 1. The Morgan fingerprint density at radius 2 is 2.00 bits per heavy atom. The summed E-state index contributed by atoms with van der Waals surface area (Å²) in [5, 5.41) is 0.543. The molecule has 0 bridgehead atoms. The average molecular weight is 251 g/mol. The van der Waals surface area contributed by atoms with Crippen molar-refractivity contribution in [1.82, 2.24) is 4.98 Å². The summed E-state index contributed by atoms with van der Waals surface area (Å²) in [7, 11) is 0. The van der Waals surface area contributed by atoms with Crippen molar-refractivity contribution in [1.29, 1.82) is 0 Å². The molecule has 1 aromatic heterocycles. The zero-order valence-corrected chi connectivity index (χ0v) is 10.3. The van der Waals surface area contributed by atoms with E-state index in [2.05, 4.69) is 4.98 Å². The van der Waals surface area contributed by atoms with Crippen molar-refractivity contribution in [2.24, 2.45) is 0 Å². The summed E-state index contributed by atoms with van der Waals surface area (Å²) in [5.41, 5.74) is 7.85. The van der Waals surface area contributed by atoms with E-state index in [0.29, 0.717) is 16.6 Å². The van der Waals surface area contributed by atoms with Gasteiger partial charge in [0.25, 0.3) is 0 Å². The second kappa shape index (κ2) is 4.22. The van der Waals surface area contributed by atoms with Crippen molar-refractivity contribution in [3.8, 4) is 0 Å². The summed E-state index contributed by atoms with van der Waals surface area (Å²) in [6.07, 6.45) is 6.22. The molecule has 2 aromatic rings. The summed E-state index contributed by atoms with van der Waals surface area (Å²) >= 11 is 5.98. The molecule has 2 N–H and O–H groups in total. The van der Waals surface area contributed by atoms with Gasteiger partial charge in [0, 0.05) is 12.0 Å². The Balaban J connectivity index is 2.00. The number of anilines is 1. The van der Waals surface area contributed by atoms with Crippen LogP contribution < -0.4 is 5.73 Å². The number of rotatable bonds is 1. The number of hydrogen-bond donors (Lipinski definition) is 1. The average Bonchev–Trinajstić information content (AvgIpc) is 2.74. The first kappa shape index (κ1) is 10.9. The molecule has 0 aliphatic heterocycles. The molecule has 0 radical (unpaired) electrons. The van der Waals surface area contributed by atoms with Gasteiger partial charge in [-0.15, -0.1) is 0 Å². The van der Waals surface area contributed by atoms with Crippen LogP contribution >= 0.6 is 11.6 Å². The molecule has 1 aliphatic carbocycles. The van der Waals surface area contributed by atoms with E-state index in [1.54, 1.807) is 12.1 Å². The first-order valence-electron chi connectivity index (χ1n) is 6.09. The van der Waals surface area contributed by atoms with Gasteiger partial charge < -0.3 is 10.2 Å². The van der Waals surface area contributed by atoms with Gasteiger partial charge in [0.2, 0.25) is 0 Å². The quantitative estimate of drug-likeness (QED) is 0.775. The topological polar surface area (TPSA) is 52.0 Å². The molecule has 0 amide bonds. The van der Waals surface area contributed by atoms with Gasteiger partial charge in [0.1, 0.15) is 5.52 Å². The maximum atomic E-state index is 5.98. The Morgan fingerprint density at radius 1 is 1.24 bits per heavy atom. The van der Waals surface area contributed by atoms with Gasteiger partial charge in [-0.3, -0.25) is 0 Å². The van der Waals surface area contributed by atoms with E-state index in [1.165, 1.54) is 32.1 Å². The summed E-state index contributed by atoms with van der Waals surface area (Å²) in [5.74, 6) is 1.32. The maximum absolute atomic E-state index is 5.98. The predicted octanol–water partition coefficient (Wildman–Crippen LogP) is 4.11. The number of nitrogen functional groups attached to an aromatic ring is 1. The highest BCUT2D eigenvalue weighted by molar-refractivity contribution is 6.33. The molecule has 17 heavy (non-hydrogen) atoms. The summed E-state index contributed by atoms with van der Waals surface area (Å²) in [6.45, 7) is 0. The fraction of sp³-hybridized carbons (Fsp3) is 0.462. The zero-order chi connectivity index (χ0) is 11.8. The minimum Gasteiger partial charge on any atom is -0.440 e. The number of oxazole rings is 1. The highest BCUT2D eigenvalue weighted by atomic mass is 35.5. The smallest absolute Gasteiger partial charge is 0.198 e. The van der Waals surface area contributed by atoms with Crippen LogP contribution in [0.25, 0.3) is 11.1 Å². The largest absolute Gasteiger partial charge is 0.440 e. The zero-order valence-electron chi connectivity index (χ0n) is 9.58. The lowest BCUT2D eigenvalue weighted by atomic mass is 9.89. The van der Waals surface area contributed by atoms with Crippen molar-refractivity contribution in [3.63, 3.8) is 0 Å². The van der Waals surface area contributed by atoms with E-state index in [0.717, 1.165) is 17.0 Å². The summed E-state index contributed by atoms with van der Waals surface area (Å²) in [4.78, 5) is 4.53. The SMILES string of the molecule is Nc1cc2oc(C3CCCCC3)nc2cc1Cl. The Bertz CT molecular complexity index is 505. The minimum absolute atomic E-state index is 0.469. The van der Waals surface area contributed by atoms with Crippen LogP contribution in [-0.2, 0) is 0 Å². The van der Waals surface area contributed by atoms with Crippen LogP contribution in [-0.4, -0.2) is 4.98 Å². The van der Waals surface area contributed by atoms with Crippen molar-refractivity contribution in [2.75, 3.05) is 5.73 Å². The molecule has 0 spiro atoms. The second-order valence-electron chi connectivity index (χ2n) is 4.73. The van der Waals surface area contributed by atoms with E-state index >= 15 is 0 Å². The number of benzene rings is 1. The maximum Gasteiger partial charge on any atom is 0.198 e. The summed E-state index contributed by atoms with van der Waals surface area (Å²) in [6, 6.07) is 3.54. The monoisotopic (exact) mass is 250 g/mol. The molecule has 0 saturated heterocycles. The molecule has 4 heteroatoms. The van der Waals surface area contributed by atoms with Crippen molar-refractivity contribution < 1.29 is 4.42 Å². The molecule has 1 heterocycles. The predicted molar refractivity (Wildman–Crippen MR) is 69.3 cm³/mol. The standard InChI is InChI=1S/C13H15ClN2O/c14-9-6-11-12(7-10(9)15)17-13(16-11)8-4-2-1-3-5-8/h6-8H,1-5,15H2. The highest BCUT2D eigenvalue weighted by Gasteiger charge is 2.21. The highest BCUT2D eigenvalue weighted by Crippen LogP contribution is 2.35. The number of aromatic nitrogens is 1. The molecule has 0 atom stereocenters. The van der Waals surface area contributed by atoms with Gasteiger partial charge in [0.15, 0.2) is 11.5 Å². The number of nitrogens with zero attached hydrogens (tertiary/aromatic N) is 1. The van der Waals surface area contributed by atoms with Gasteiger partial charge in [0.05, 0.1) is 10.7 Å². The molecule has 0 unspecified atom stereocenters. The van der Waals surface area contributed by atoms with Crippen molar-refractivity contribution >= 4 is 28.4 Å². The second-order valence-corrected chi connectivity index (χ2v) is 5.14. The lowest BCUT2D eigenvalue weighted by Crippen LogP contribution is -2.04. The fourth-order valence-electron chi connectivity index (χ4n) is 2.51. The van der Waals surface area contributed by atoms with E-state index in [1.807, 2.05) is 0 Å². The lowest BCUT2D eigenvalue weighted by molar-refractivity contribution is 0.373. The third kappa shape index (κ3) is 2.00. The molecule has 3 rings (SSSR count). The van der Waals surface area contributed by atoms with E-state index in [-0.39, 0.29) is 0 Å². The molecule has 3 nitrogen and oxygen atoms in total. The number of hydrogen-bond acceptors (Lipinski definition) is 3. The van der Waals surface area contributed by atoms with Crippen LogP contribution in [0.4, 0.5) is 5.69 Å². The Morgan fingerprint density at radius 3 is 2.76 bits per heavy atom. The molecule has 1 fully saturated rings. The lowest BCUT2D eigenvalue weighted by Gasteiger charge is -2.17. The van der Waals surface area contributed by atoms with Crippen LogP contribution in [0.2, 0.25) is 5.02 Å². The van der Waals surface area contributed by atoms with Crippen LogP contribution in [0.3, 0.4) is 0 Å². The van der Waals surface area contributed by atoms with Gasteiger partial charge >= 0.3 is 0 Å². The van der Waals surface area contributed by atoms with Crippen molar-refractivity contribution in [3.05, 3.63) is 23.0 Å². The molecule has 90 valence electrons. The van der Waals surface area contributed by atoms with Crippen LogP contribution in [0.5, 0.6) is 0 Å². The van der Waals surface area contributed by atoms with Crippen LogP contribution in [0.15, 0.2) is 16.5 Å². The van der Waals surface area contributed by atoms with E-state index in [9.17, 15) is 0 Å². The Labute approximate surface area is 105 Å². The third-order valence-corrected chi connectivity index (χ3v) is 3.81. The third-order valence-electron chi connectivity index (χ3n) is 3.48. The molecular weight excluding hydrogens is 236 g/mol. The molecule has 1 aliphatic rings. The van der Waals surface area contributed by atoms with Gasteiger partial charge in [-0.2, -0.15) is 0 Å². The van der Waals surface area contributed by atoms with Crippen molar-refractivity contribution in [2.45, 2.75) is 38.0 Å². The van der Waals surface area contributed by atoms with Crippen LogP contribution in [0, 0.1) is 0 Å². The first-order chi connectivity index (χ1) is 8.24. The fourth-order valence-corrected chi connectivity index (χ4v) is 2.66. The van der Waals surface area contributed by atoms with E-state index in [4.69, 9.17) is 21.8 Å². The number of halogens is 1. The Kier molecular flexibility index (Phi) is 2.71. The number of fused-ring (bicyclic) bond motifs is 1. The van der Waals surface area contributed by atoms with E-state index < -0.39 is 0 Å². The molecule has 1 saturated carbocycles. The van der Waals surface area contributed by atoms with Gasteiger partial charge in [-0.05, 0) is 18.9 Å².